The van der Waals surface area contributed by atoms with Crippen LogP contribution in [0.3, 0.4) is 0 Å². The van der Waals surface area contributed by atoms with Crippen LogP contribution < -0.4 is 10.6 Å². The largest absolute Gasteiger partial charge is 0.375 e. The minimum atomic E-state index is -2.99. The van der Waals surface area contributed by atoms with Crippen molar-refractivity contribution in [2.75, 3.05) is 7.05 Å². The Morgan fingerprint density at radius 2 is 2.15 bits per heavy atom. The average molecular weight is 490 g/mol. The lowest BCUT2D eigenvalue weighted by molar-refractivity contribution is -0.122. The Kier molecular flexibility index (Phi) is 6.22. The van der Waals surface area contributed by atoms with Crippen molar-refractivity contribution in [3.05, 3.63) is 64.6 Å². The first kappa shape index (κ1) is 23.6. The lowest BCUT2D eigenvalue weighted by Gasteiger charge is -2.19. The third kappa shape index (κ3) is 4.18. The summed E-state index contributed by atoms with van der Waals surface area (Å²) >= 11 is 6.05. The number of aldehydes is 1. The number of hydrogen-bond donors (Lipinski definition) is 2. The van der Waals surface area contributed by atoms with E-state index in [1.165, 1.54) is 25.5 Å². The highest BCUT2D eigenvalue weighted by molar-refractivity contribution is 6.29. The first-order valence-corrected chi connectivity index (χ1v) is 10.8. The van der Waals surface area contributed by atoms with Gasteiger partial charge >= 0.3 is 0 Å². The van der Waals surface area contributed by atoms with Gasteiger partial charge in [0.25, 0.3) is 6.43 Å². The zero-order valence-corrected chi connectivity index (χ0v) is 19.3. The van der Waals surface area contributed by atoms with Crippen molar-refractivity contribution >= 4 is 35.1 Å². The van der Waals surface area contributed by atoms with Crippen LogP contribution in [0.5, 0.6) is 0 Å². The first-order valence-electron chi connectivity index (χ1n) is 10.4. The molecule has 0 saturated heterocycles. The second-order valence-electron chi connectivity index (χ2n) is 8.45. The molecule has 34 heavy (non-hydrogen) atoms. The van der Waals surface area contributed by atoms with E-state index < -0.39 is 29.2 Å². The topological polar surface area (TPSA) is 106 Å². The fourth-order valence-electron chi connectivity index (χ4n) is 4.26. The summed E-state index contributed by atoms with van der Waals surface area (Å²) in [5, 5.41) is 13.8. The molecule has 0 aliphatic heterocycles. The first-order chi connectivity index (χ1) is 16.2. The summed E-state index contributed by atoms with van der Waals surface area (Å²) < 4.78 is 30.4. The monoisotopic (exact) mass is 489 g/mol. The number of nitrogens with one attached hydrogen (secondary N) is 2. The van der Waals surface area contributed by atoms with Crippen molar-refractivity contribution in [2.45, 2.75) is 38.0 Å². The molecular weight excluding hydrogens is 468 g/mol. The maximum absolute atomic E-state index is 13.8. The molecule has 0 spiro atoms. The van der Waals surface area contributed by atoms with E-state index in [0.717, 1.165) is 16.5 Å². The van der Waals surface area contributed by atoms with Gasteiger partial charge in [0, 0.05) is 42.7 Å². The van der Waals surface area contributed by atoms with Gasteiger partial charge in [0.1, 0.15) is 11.5 Å². The van der Waals surface area contributed by atoms with Crippen molar-refractivity contribution < 1.29 is 18.4 Å². The fraction of sp³-hybridized carbons (Fsp3) is 0.318. The molecule has 178 valence electrons. The van der Waals surface area contributed by atoms with Crippen LogP contribution in [0, 0.1) is 0 Å². The van der Waals surface area contributed by atoms with Gasteiger partial charge < -0.3 is 10.6 Å². The standard InChI is InChI=1S/C22H22ClF2N7O2/c1-22(2)9-13(14-10-27-18-8-16(23)30-32(18)19(14)22)21(34)29-17(26-3)7-12(20(24)25)15(11-33)31-6-4-5-28-31/h4-8,10-11,13,20,26H,9H2,1-3H3,(H,29,34)/b15-12-,17-7+. The van der Waals surface area contributed by atoms with Crippen molar-refractivity contribution in [2.24, 2.45) is 0 Å². The average Bonchev–Trinajstić information content (AvgIpc) is 3.49. The van der Waals surface area contributed by atoms with Gasteiger partial charge in [-0.15, -0.1) is 0 Å². The third-order valence-corrected chi connectivity index (χ3v) is 5.93. The zero-order chi connectivity index (χ0) is 24.6. The molecule has 3 aromatic rings. The summed E-state index contributed by atoms with van der Waals surface area (Å²) in [6.07, 6.45) is 3.16. The number of nitrogens with zero attached hydrogens (tertiary/aromatic N) is 5. The van der Waals surface area contributed by atoms with Crippen LogP contribution in [0.4, 0.5) is 8.78 Å². The van der Waals surface area contributed by atoms with E-state index in [-0.39, 0.29) is 11.5 Å². The summed E-state index contributed by atoms with van der Waals surface area (Å²) in [5.74, 6) is -1.00. The molecule has 1 unspecified atom stereocenters. The molecule has 2 N–H and O–H groups in total. The number of fused-ring (bicyclic) bond motifs is 3. The highest BCUT2D eigenvalue weighted by Crippen LogP contribution is 2.45. The van der Waals surface area contributed by atoms with Gasteiger partial charge in [-0.1, -0.05) is 25.4 Å². The molecule has 1 atom stereocenters. The van der Waals surface area contributed by atoms with Gasteiger partial charge in [-0.3, -0.25) is 9.59 Å². The normalized spacial score (nSPS) is 18.1. The van der Waals surface area contributed by atoms with Crippen LogP contribution in [0.1, 0.15) is 37.4 Å². The maximum Gasteiger partial charge on any atom is 0.266 e. The van der Waals surface area contributed by atoms with Crippen LogP contribution in [-0.4, -0.2) is 50.0 Å². The smallest absolute Gasteiger partial charge is 0.266 e. The number of carbonyl (C=O) groups is 2. The third-order valence-electron chi connectivity index (χ3n) is 5.75. The van der Waals surface area contributed by atoms with E-state index in [1.807, 2.05) is 13.8 Å². The van der Waals surface area contributed by atoms with Crippen LogP contribution >= 0.6 is 11.6 Å². The van der Waals surface area contributed by atoms with Gasteiger partial charge in [0.15, 0.2) is 17.1 Å². The number of amides is 1. The summed E-state index contributed by atoms with van der Waals surface area (Å²) in [5.41, 5.74) is 0.715. The predicted octanol–water partition coefficient (Wildman–Crippen LogP) is 2.90. The van der Waals surface area contributed by atoms with E-state index in [2.05, 4.69) is 25.8 Å². The summed E-state index contributed by atoms with van der Waals surface area (Å²) in [4.78, 5) is 29.2. The Labute approximate surface area is 198 Å². The Balaban J connectivity index is 1.69. The molecule has 12 heteroatoms. The van der Waals surface area contributed by atoms with Crippen LogP contribution in [0.2, 0.25) is 5.15 Å². The summed E-state index contributed by atoms with van der Waals surface area (Å²) in [6.45, 7) is 3.97. The molecule has 1 aliphatic carbocycles. The quantitative estimate of drug-likeness (QED) is 0.300. The molecule has 3 heterocycles. The Bertz CT molecular complexity index is 1310. The lowest BCUT2D eigenvalue weighted by atomic mass is 9.88. The number of carbonyl (C=O) groups excluding carboxylic acids is 2. The van der Waals surface area contributed by atoms with Crippen LogP contribution in [0.15, 0.2) is 48.2 Å². The minimum Gasteiger partial charge on any atom is -0.375 e. The van der Waals surface area contributed by atoms with E-state index in [4.69, 9.17) is 11.6 Å². The molecule has 0 fully saturated rings. The Morgan fingerprint density at radius 1 is 1.38 bits per heavy atom. The molecule has 0 radical (unpaired) electrons. The minimum absolute atomic E-state index is 0.00855. The van der Waals surface area contributed by atoms with E-state index in [9.17, 15) is 18.4 Å². The Hall–Kier alpha value is -3.60. The second kappa shape index (κ2) is 8.98. The number of allylic oxidation sites excluding steroid dienone is 3. The summed E-state index contributed by atoms with van der Waals surface area (Å²) in [6, 6.07) is 3.14. The van der Waals surface area contributed by atoms with Crippen LogP contribution in [0.25, 0.3) is 11.3 Å². The van der Waals surface area contributed by atoms with Gasteiger partial charge in [-0.25, -0.2) is 23.0 Å². The lowest BCUT2D eigenvalue weighted by Crippen LogP contribution is -2.34. The van der Waals surface area contributed by atoms with E-state index in [0.29, 0.717) is 29.1 Å². The molecule has 3 aromatic heterocycles. The number of hydrogen-bond acceptors (Lipinski definition) is 6. The highest BCUT2D eigenvalue weighted by Gasteiger charge is 2.43. The van der Waals surface area contributed by atoms with Gasteiger partial charge in [0.05, 0.1) is 17.2 Å². The number of halogens is 3. The predicted molar refractivity (Wildman–Crippen MR) is 121 cm³/mol. The maximum atomic E-state index is 13.8. The Morgan fingerprint density at radius 3 is 2.76 bits per heavy atom. The molecule has 0 aromatic carbocycles. The molecule has 1 amide bonds. The molecule has 4 rings (SSSR count). The molecule has 9 nitrogen and oxygen atoms in total. The molecule has 0 bridgehead atoms. The van der Waals surface area contributed by atoms with Crippen molar-refractivity contribution in [1.82, 2.24) is 35.0 Å². The number of rotatable bonds is 7. The zero-order valence-electron chi connectivity index (χ0n) is 18.6. The number of aromatic nitrogens is 5. The van der Waals surface area contributed by atoms with E-state index in [1.54, 1.807) is 16.8 Å². The van der Waals surface area contributed by atoms with Crippen molar-refractivity contribution in [1.29, 1.82) is 0 Å². The fourth-order valence-corrected chi connectivity index (χ4v) is 4.44. The SMILES string of the molecule is CN/C(=C\C(=C(/C=O)n1cccn1)C(F)F)NC(=O)C1CC(C)(C)c2c1cnc1cc(Cl)nn21. The number of alkyl halides is 2. The van der Waals surface area contributed by atoms with Gasteiger partial charge in [-0.2, -0.15) is 10.2 Å². The summed E-state index contributed by atoms with van der Waals surface area (Å²) in [7, 11) is 1.48. The second-order valence-corrected chi connectivity index (χ2v) is 8.83. The van der Waals surface area contributed by atoms with Crippen LogP contribution in [-0.2, 0) is 15.0 Å². The highest BCUT2D eigenvalue weighted by atomic mass is 35.5. The van der Waals surface area contributed by atoms with Gasteiger partial charge in [-0.05, 0) is 18.6 Å². The van der Waals surface area contributed by atoms with Crippen molar-refractivity contribution in [3.63, 3.8) is 0 Å². The van der Waals surface area contributed by atoms with E-state index >= 15 is 0 Å². The molecular formula is C22H22ClF2N7O2. The van der Waals surface area contributed by atoms with Crippen molar-refractivity contribution in [3.8, 4) is 0 Å². The molecule has 1 aliphatic rings. The van der Waals surface area contributed by atoms with Gasteiger partial charge in [0.2, 0.25) is 5.91 Å². The molecule has 0 saturated carbocycles.